The summed E-state index contributed by atoms with van der Waals surface area (Å²) in [4.78, 5) is 20.1. The third-order valence-corrected chi connectivity index (χ3v) is 1.23. The van der Waals surface area contributed by atoms with E-state index in [1.807, 2.05) is 0 Å². The molecule has 0 aromatic heterocycles. The van der Waals surface area contributed by atoms with Crippen LogP contribution in [0.3, 0.4) is 0 Å². The first kappa shape index (κ1) is 10.2. The molecule has 64 valence electrons. The lowest BCUT2D eigenvalue weighted by atomic mass is 10.1. The lowest BCUT2D eigenvalue weighted by Crippen LogP contribution is -2.41. The Labute approximate surface area is 63.3 Å². The highest BCUT2D eigenvalue weighted by atomic mass is 16.4. The van der Waals surface area contributed by atoms with E-state index in [0.717, 1.165) is 0 Å². The van der Waals surface area contributed by atoms with E-state index in [-0.39, 0.29) is 6.29 Å². The normalized spacial score (nSPS) is 18.5. The summed E-state index contributed by atoms with van der Waals surface area (Å²) >= 11 is 0. The van der Waals surface area contributed by atoms with E-state index in [1.54, 1.807) is 0 Å². The van der Waals surface area contributed by atoms with Gasteiger partial charge in [-0.2, -0.15) is 0 Å². The van der Waals surface area contributed by atoms with Crippen LogP contribution >= 0.6 is 0 Å². The summed E-state index contributed by atoms with van der Waals surface area (Å²) < 4.78 is 0. The Morgan fingerprint density at radius 2 is 1.82 bits per heavy atom. The van der Waals surface area contributed by atoms with Crippen LogP contribution in [0.15, 0.2) is 0 Å². The Bertz CT molecular complexity index is 153. The van der Waals surface area contributed by atoms with E-state index in [1.165, 1.54) is 6.92 Å². The first-order valence-electron chi connectivity index (χ1n) is 3.04. The molecule has 0 rings (SSSR count). The number of hydrogen-bond acceptors (Lipinski definition) is 5. The lowest BCUT2D eigenvalue weighted by Gasteiger charge is -2.16. The number of rotatable bonds is 4. The maximum Gasteiger partial charge on any atom is 0.226 e. The van der Waals surface area contributed by atoms with Gasteiger partial charge in [-0.25, -0.2) is 0 Å². The topological polar surface area (TPSA) is 94.8 Å². The predicted molar refractivity (Wildman–Crippen MR) is 34.8 cm³/mol. The molecule has 0 amide bonds. The summed E-state index contributed by atoms with van der Waals surface area (Å²) in [5.41, 5.74) is 0. The summed E-state index contributed by atoms with van der Waals surface area (Å²) in [6.07, 6.45) is -4.77. The maximum absolute atomic E-state index is 10.4. The molecule has 0 fully saturated rings. The van der Waals surface area contributed by atoms with Crippen LogP contribution in [0.1, 0.15) is 6.92 Å². The fourth-order valence-electron chi connectivity index (χ4n) is 0.502. The fourth-order valence-corrected chi connectivity index (χ4v) is 0.502. The quantitative estimate of drug-likeness (QED) is 0.324. The van der Waals surface area contributed by atoms with Crippen molar-refractivity contribution in [1.29, 1.82) is 0 Å². The van der Waals surface area contributed by atoms with Crippen LogP contribution in [0, 0.1) is 0 Å². The van der Waals surface area contributed by atoms with Crippen LogP contribution in [0.25, 0.3) is 0 Å². The van der Waals surface area contributed by atoms with Gasteiger partial charge in [-0.05, 0) is 6.92 Å². The maximum atomic E-state index is 10.4. The minimum absolute atomic E-state index is 0.101. The van der Waals surface area contributed by atoms with Crippen molar-refractivity contribution in [2.75, 3.05) is 0 Å². The highest BCUT2D eigenvalue weighted by Crippen LogP contribution is 1.99. The summed E-state index contributed by atoms with van der Waals surface area (Å²) in [5, 5.41) is 26.2. The van der Waals surface area contributed by atoms with Crippen molar-refractivity contribution in [2.24, 2.45) is 0 Å². The average molecular weight is 162 g/mol. The number of carbonyl (C=O) groups excluding carboxylic acids is 2. The van der Waals surface area contributed by atoms with Gasteiger partial charge in [0.15, 0.2) is 6.29 Å². The molecule has 0 saturated heterocycles. The van der Waals surface area contributed by atoms with Crippen molar-refractivity contribution in [3.63, 3.8) is 0 Å². The van der Waals surface area contributed by atoms with E-state index in [4.69, 9.17) is 15.3 Å². The third-order valence-electron chi connectivity index (χ3n) is 1.23. The Balaban J connectivity index is 4.11. The zero-order valence-electron chi connectivity index (χ0n) is 5.97. The Morgan fingerprint density at radius 3 is 2.09 bits per heavy atom. The molecule has 3 N–H and O–H groups in total. The highest BCUT2D eigenvalue weighted by molar-refractivity contribution is 6.27. The molecule has 0 spiro atoms. The molecule has 0 saturated carbocycles. The molecular formula is C6H10O5. The highest BCUT2D eigenvalue weighted by Gasteiger charge is 2.26. The van der Waals surface area contributed by atoms with Gasteiger partial charge in [0, 0.05) is 0 Å². The molecule has 0 aromatic carbocycles. The number of aldehydes is 1. The van der Waals surface area contributed by atoms with Crippen LogP contribution in [0.5, 0.6) is 0 Å². The van der Waals surface area contributed by atoms with Crippen LogP contribution in [0.2, 0.25) is 0 Å². The molecule has 0 bridgehead atoms. The zero-order chi connectivity index (χ0) is 9.02. The van der Waals surface area contributed by atoms with Gasteiger partial charge in [-0.3, -0.25) is 9.59 Å². The molecule has 5 heteroatoms. The Kier molecular flexibility index (Phi) is 3.88. The van der Waals surface area contributed by atoms with Crippen molar-refractivity contribution in [1.82, 2.24) is 0 Å². The fraction of sp³-hybridized carbons (Fsp3) is 0.667. The van der Waals surface area contributed by atoms with Crippen molar-refractivity contribution in [3.8, 4) is 0 Å². The molecule has 0 aliphatic rings. The number of hydrogen-bond donors (Lipinski definition) is 3. The smallest absolute Gasteiger partial charge is 0.226 e. The van der Waals surface area contributed by atoms with Crippen LogP contribution in [-0.4, -0.2) is 45.7 Å². The third kappa shape index (κ3) is 2.75. The summed E-state index contributed by atoms with van der Waals surface area (Å²) in [7, 11) is 0. The second-order valence-electron chi connectivity index (χ2n) is 2.20. The lowest BCUT2D eigenvalue weighted by molar-refractivity contribution is -0.143. The second-order valence-corrected chi connectivity index (χ2v) is 2.20. The van der Waals surface area contributed by atoms with E-state index >= 15 is 0 Å². The molecule has 0 radical (unpaired) electrons. The van der Waals surface area contributed by atoms with Gasteiger partial charge in [0.05, 0.1) is 6.10 Å². The monoisotopic (exact) mass is 162 g/mol. The zero-order valence-corrected chi connectivity index (χ0v) is 5.97. The number of ketones is 1. The van der Waals surface area contributed by atoms with Gasteiger partial charge in [-0.15, -0.1) is 0 Å². The van der Waals surface area contributed by atoms with Crippen LogP contribution in [0.4, 0.5) is 0 Å². The van der Waals surface area contributed by atoms with Crippen molar-refractivity contribution < 1.29 is 24.9 Å². The van der Waals surface area contributed by atoms with Gasteiger partial charge in [0.2, 0.25) is 5.78 Å². The van der Waals surface area contributed by atoms with E-state index in [9.17, 15) is 9.59 Å². The Hall–Kier alpha value is -0.780. The molecule has 0 unspecified atom stereocenters. The van der Waals surface area contributed by atoms with Gasteiger partial charge in [0.1, 0.15) is 12.2 Å². The van der Waals surface area contributed by atoms with Gasteiger partial charge >= 0.3 is 0 Å². The van der Waals surface area contributed by atoms with Crippen molar-refractivity contribution in [3.05, 3.63) is 0 Å². The van der Waals surface area contributed by atoms with Crippen LogP contribution < -0.4 is 0 Å². The van der Waals surface area contributed by atoms with Gasteiger partial charge in [-0.1, -0.05) is 0 Å². The summed E-state index contributed by atoms with van der Waals surface area (Å²) in [6.45, 7) is 1.20. The van der Waals surface area contributed by atoms with E-state index in [2.05, 4.69) is 0 Å². The first-order chi connectivity index (χ1) is 5.00. The minimum atomic E-state index is -1.83. The molecule has 0 aliphatic heterocycles. The second kappa shape index (κ2) is 4.17. The largest absolute Gasteiger partial charge is 0.391 e. The minimum Gasteiger partial charge on any atom is -0.391 e. The van der Waals surface area contributed by atoms with Gasteiger partial charge in [0.25, 0.3) is 0 Å². The molecule has 11 heavy (non-hydrogen) atoms. The SMILES string of the molecule is C[C@H](O)[C@@H](O)[C@H](O)C(=O)C=O. The van der Waals surface area contributed by atoms with Crippen LogP contribution in [-0.2, 0) is 9.59 Å². The predicted octanol–water partition coefficient (Wildman–Crippen LogP) is -2.14. The first-order valence-corrected chi connectivity index (χ1v) is 3.04. The molecular weight excluding hydrogens is 152 g/mol. The number of aliphatic hydroxyl groups excluding tert-OH is 3. The number of aliphatic hydroxyl groups is 3. The van der Waals surface area contributed by atoms with Gasteiger partial charge < -0.3 is 15.3 Å². The standard InChI is InChI=1S/C6H10O5/c1-3(8)5(10)6(11)4(9)2-7/h2-3,5-6,8,10-11H,1H3/t3-,5+,6+/m0/s1. The van der Waals surface area contributed by atoms with Crippen molar-refractivity contribution >= 4 is 12.1 Å². The number of Topliss-reactive ketones (excluding diaryl/α,β-unsaturated/α-hetero) is 1. The summed E-state index contributed by atoms with van der Waals surface area (Å²) in [5.74, 6) is -1.14. The summed E-state index contributed by atoms with van der Waals surface area (Å²) in [6, 6.07) is 0. The Morgan fingerprint density at radius 1 is 1.36 bits per heavy atom. The molecule has 0 heterocycles. The number of carbonyl (C=O) groups is 2. The average Bonchev–Trinajstić information content (AvgIpc) is 2.00. The van der Waals surface area contributed by atoms with E-state index < -0.39 is 24.1 Å². The molecule has 5 nitrogen and oxygen atoms in total. The van der Waals surface area contributed by atoms with Crippen molar-refractivity contribution in [2.45, 2.75) is 25.2 Å². The molecule has 0 aromatic rings. The van der Waals surface area contributed by atoms with E-state index in [0.29, 0.717) is 0 Å². The molecule has 3 atom stereocenters. The molecule has 0 aliphatic carbocycles.